The Hall–Kier alpha value is -2.86. The summed E-state index contributed by atoms with van der Waals surface area (Å²) in [4.78, 5) is 13.4. The van der Waals surface area contributed by atoms with Gasteiger partial charge in [-0.1, -0.05) is 18.2 Å². The number of para-hydroxylation sites is 1. The maximum atomic E-state index is 12.8. The zero-order valence-corrected chi connectivity index (χ0v) is 18.2. The molecule has 0 aliphatic carbocycles. The zero-order chi connectivity index (χ0) is 21.4. The molecule has 0 saturated carbocycles. The predicted octanol–water partition coefficient (Wildman–Crippen LogP) is 5.83. The van der Waals surface area contributed by atoms with Crippen molar-refractivity contribution in [1.29, 1.82) is 0 Å². The van der Waals surface area contributed by atoms with Gasteiger partial charge in [-0.25, -0.2) is 9.97 Å². The molecule has 2 aromatic heterocycles. The van der Waals surface area contributed by atoms with E-state index in [1.807, 2.05) is 43.3 Å². The van der Waals surface area contributed by atoms with E-state index in [-0.39, 0.29) is 13.2 Å². The summed E-state index contributed by atoms with van der Waals surface area (Å²) in [6.07, 6.45) is 5.08. The molecule has 0 spiro atoms. The predicted molar refractivity (Wildman–Crippen MR) is 120 cm³/mol. The highest BCUT2D eigenvalue weighted by atomic mass is 31.2. The minimum absolute atomic E-state index is 0.284. The summed E-state index contributed by atoms with van der Waals surface area (Å²) in [5.74, 6) is 1.86. The quantitative estimate of drug-likeness (QED) is 0.433. The molecule has 30 heavy (non-hydrogen) atoms. The van der Waals surface area contributed by atoms with Crippen molar-refractivity contribution in [3.63, 3.8) is 0 Å². The van der Waals surface area contributed by atoms with E-state index >= 15 is 0 Å². The third-order valence-electron chi connectivity index (χ3n) is 4.14. The van der Waals surface area contributed by atoms with E-state index in [2.05, 4.69) is 20.3 Å². The number of aromatic nitrogens is 3. The van der Waals surface area contributed by atoms with Crippen LogP contribution >= 0.6 is 7.60 Å². The summed E-state index contributed by atoms with van der Waals surface area (Å²) < 4.78 is 23.4. The lowest BCUT2D eigenvalue weighted by molar-refractivity contribution is 0.229. The van der Waals surface area contributed by atoms with E-state index in [4.69, 9.17) is 9.05 Å². The summed E-state index contributed by atoms with van der Waals surface area (Å²) in [6, 6.07) is 13.5. The minimum atomic E-state index is -3.34. The molecule has 3 rings (SSSR count). The van der Waals surface area contributed by atoms with Crippen molar-refractivity contribution in [2.45, 2.75) is 20.8 Å². The fourth-order valence-electron chi connectivity index (χ4n) is 2.75. The lowest BCUT2D eigenvalue weighted by atomic mass is 10.2. The van der Waals surface area contributed by atoms with Crippen molar-refractivity contribution >= 4 is 25.3 Å². The molecule has 0 radical (unpaired) electrons. The van der Waals surface area contributed by atoms with Gasteiger partial charge in [-0.15, -0.1) is 0 Å². The first-order chi connectivity index (χ1) is 14.5. The molecule has 7 nitrogen and oxygen atoms in total. The molecule has 0 aliphatic heterocycles. The Kier molecular flexibility index (Phi) is 7.46. The largest absolute Gasteiger partial charge is 0.354 e. The van der Waals surface area contributed by atoms with Crippen LogP contribution in [-0.4, -0.2) is 28.2 Å². The van der Waals surface area contributed by atoms with Crippen LogP contribution in [0.5, 0.6) is 0 Å². The van der Waals surface area contributed by atoms with Crippen LogP contribution in [0.4, 0.5) is 11.6 Å². The van der Waals surface area contributed by atoms with Crippen LogP contribution in [0.2, 0.25) is 0 Å². The van der Waals surface area contributed by atoms with Gasteiger partial charge in [-0.2, -0.15) is 0 Å². The molecule has 0 fully saturated rings. The van der Waals surface area contributed by atoms with Gasteiger partial charge in [0.1, 0.15) is 0 Å². The Labute approximate surface area is 176 Å². The lowest BCUT2D eigenvalue weighted by Gasteiger charge is -2.13. The van der Waals surface area contributed by atoms with Crippen LogP contribution < -0.4 is 5.32 Å². The molecule has 0 bridgehead atoms. The topological polar surface area (TPSA) is 86.2 Å². The van der Waals surface area contributed by atoms with Crippen molar-refractivity contribution in [3.8, 4) is 11.3 Å². The van der Waals surface area contributed by atoms with E-state index in [1.54, 1.807) is 38.4 Å². The maximum Gasteiger partial charge on any atom is 0.354 e. The van der Waals surface area contributed by atoms with Gasteiger partial charge in [0, 0.05) is 29.5 Å². The third kappa shape index (κ3) is 5.83. The number of rotatable bonds is 9. The molecule has 1 aromatic carbocycles. The Morgan fingerprint density at radius 1 is 1.07 bits per heavy atom. The van der Waals surface area contributed by atoms with Crippen molar-refractivity contribution in [2.24, 2.45) is 0 Å². The van der Waals surface area contributed by atoms with E-state index in [9.17, 15) is 4.57 Å². The molecule has 0 amide bonds. The summed E-state index contributed by atoms with van der Waals surface area (Å²) in [5, 5.41) is 3.26. The number of hydrogen-bond donors (Lipinski definition) is 1. The van der Waals surface area contributed by atoms with Gasteiger partial charge in [0.25, 0.3) is 0 Å². The molecule has 8 heteroatoms. The first-order valence-electron chi connectivity index (χ1n) is 9.73. The first-order valence-corrected chi connectivity index (χ1v) is 11.3. The second-order valence-electron chi connectivity index (χ2n) is 6.37. The molecule has 0 aliphatic rings. The number of pyridine rings is 1. The molecule has 1 N–H and O–H groups in total. The Balaban J connectivity index is 2.00. The third-order valence-corrected chi connectivity index (χ3v) is 5.89. The average molecular weight is 424 g/mol. The fraction of sp³-hybridized carbons (Fsp3) is 0.227. The lowest BCUT2D eigenvalue weighted by Crippen LogP contribution is -2.01. The number of nitrogens with zero attached hydrogens (tertiary/aromatic N) is 3. The van der Waals surface area contributed by atoms with Crippen LogP contribution in [0, 0.1) is 6.92 Å². The molecular formula is C22H25N4O3P. The number of anilines is 2. The Bertz CT molecular complexity index is 1050. The van der Waals surface area contributed by atoms with Gasteiger partial charge in [0.15, 0.2) is 0 Å². The van der Waals surface area contributed by atoms with Crippen LogP contribution in [0.1, 0.15) is 25.1 Å². The highest BCUT2D eigenvalue weighted by Crippen LogP contribution is 2.50. The van der Waals surface area contributed by atoms with E-state index in [1.165, 1.54) is 5.82 Å². The average Bonchev–Trinajstić information content (AvgIpc) is 2.75. The van der Waals surface area contributed by atoms with E-state index in [0.717, 1.165) is 16.8 Å². The highest BCUT2D eigenvalue weighted by Gasteiger charge is 2.19. The summed E-state index contributed by atoms with van der Waals surface area (Å²) in [6.45, 7) is 6.12. The maximum absolute atomic E-state index is 12.8. The fourth-order valence-corrected chi connectivity index (χ4v) is 4.06. The summed E-state index contributed by atoms with van der Waals surface area (Å²) in [7, 11) is -3.34. The number of hydrogen-bond acceptors (Lipinski definition) is 7. The molecule has 156 valence electrons. The van der Waals surface area contributed by atoms with Gasteiger partial charge in [-0.05, 0) is 56.7 Å². The van der Waals surface area contributed by atoms with Gasteiger partial charge in [0.2, 0.25) is 5.95 Å². The van der Waals surface area contributed by atoms with Gasteiger partial charge in [-0.3, -0.25) is 9.55 Å². The Morgan fingerprint density at radius 3 is 2.50 bits per heavy atom. The van der Waals surface area contributed by atoms with Gasteiger partial charge in [0.05, 0.1) is 24.6 Å². The smallest absolute Gasteiger partial charge is 0.324 e. The number of benzene rings is 1. The number of aryl methyl sites for hydroxylation is 1. The minimum Gasteiger partial charge on any atom is -0.324 e. The second kappa shape index (κ2) is 10.3. The van der Waals surface area contributed by atoms with Gasteiger partial charge < -0.3 is 14.4 Å². The van der Waals surface area contributed by atoms with Gasteiger partial charge >= 0.3 is 7.60 Å². The SMILES string of the molecule is CCOP(=O)(/C=C/c1cc(-c2cccnc2)nc(Nc2ccccc2C)n1)OCC. The standard InChI is InChI=1S/C22H25N4O3P/c1-4-28-30(27,29-5-2)14-12-19-15-21(18-10-8-13-23-16-18)26-22(24-19)25-20-11-7-6-9-17(20)3/h6-16H,4-5H2,1-3H3,(H,24,25,26)/b14-12+. The van der Waals surface area contributed by atoms with Crippen LogP contribution in [0.25, 0.3) is 17.3 Å². The van der Waals surface area contributed by atoms with Crippen molar-refractivity contribution < 1.29 is 13.6 Å². The van der Waals surface area contributed by atoms with Crippen molar-refractivity contribution in [3.05, 3.63) is 71.9 Å². The molecule has 2 heterocycles. The van der Waals surface area contributed by atoms with Crippen molar-refractivity contribution in [2.75, 3.05) is 18.5 Å². The molecule has 0 unspecified atom stereocenters. The van der Waals surface area contributed by atoms with Crippen molar-refractivity contribution in [1.82, 2.24) is 15.0 Å². The summed E-state index contributed by atoms with van der Waals surface area (Å²) in [5.41, 5.74) is 4.09. The molecule has 0 saturated heterocycles. The van der Waals surface area contributed by atoms with Crippen LogP contribution in [0.15, 0.2) is 60.7 Å². The van der Waals surface area contributed by atoms with Crippen LogP contribution in [0.3, 0.4) is 0 Å². The number of nitrogens with one attached hydrogen (secondary N) is 1. The summed E-state index contributed by atoms with van der Waals surface area (Å²) >= 11 is 0. The van der Waals surface area contributed by atoms with Crippen LogP contribution in [-0.2, 0) is 13.6 Å². The van der Waals surface area contributed by atoms with E-state index in [0.29, 0.717) is 17.3 Å². The first kappa shape index (κ1) is 21.8. The van der Waals surface area contributed by atoms with E-state index < -0.39 is 7.60 Å². The normalized spacial score (nSPS) is 11.7. The highest BCUT2D eigenvalue weighted by molar-refractivity contribution is 7.57. The zero-order valence-electron chi connectivity index (χ0n) is 17.3. The second-order valence-corrected chi connectivity index (χ2v) is 8.27. The monoisotopic (exact) mass is 424 g/mol. The molecular weight excluding hydrogens is 399 g/mol. The Morgan fingerprint density at radius 2 is 1.83 bits per heavy atom. The molecule has 0 atom stereocenters. The molecule has 3 aromatic rings.